The van der Waals surface area contributed by atoms with E-state index in [-0.39, 0.29) is 16.7 Å². The zero-order chi connectivity index (χ0) is 14.0. The molecule has 1 aliphatic rings. The largest absolute Gasteiger partial charge is 0.488 e. The Bertz CT molecular complexity index is 549. The van der Waals surface area contributed by atoms with Crippen LogP contribution in [0.4, 0.5) is 5.69 Å². The SMILES string of the molecule is CN(C)S(=O)(=O)c1cccc(OC2CCCC2)c1N. The third-order valence-electron chi connectivity index (χ3n) is 3.38. The zero-order valence-electron chi connectivity index (χ0n) is 11.3. The smallest absolute Gasteiger partial charge is 0.244 e. The Labute approximate surface area is 114 Å². The highest BCUT2D eigenvalue weighted by Crippen LogP contribution is 2.33. The van der Waals surface area contributed by atoms with Crippen LogP contribution in [0.15, 0.2) is 23.1 Å². The van der Waals surface area contributed by atoms with Crippen LogP contribution in [0.3, 0.4) is 0 Å². The topological polar surface area (TPSA) is 72.6 Å². The van der Waals surface area contributed by atoms with E-state index < -0.39 is 10.0 Å². The molecule has 5 nitrogen and oxygen atoms in total. The van der Waals surface area contributed by atoms with Gasteiger partial charge < -0.3 is 10.5 Å². The van der Waals surface area contributed by atoms with Crippen LogP contribution in [0.5, 0.6) is 5.75 Å². The van der Waals surface area contributed by atoms with E-state index in [1.54, 1.807) is 12.1 Å². The maximum Gasteiger partial charge on any atom is 0.244 e. The highest BCUT2D eigenvalue weighted by atomic mass is 32.2. The zero-order valence-corrected chi connectivity index (χ0v) is 12.1. The first kappa shape index (κ1) is 14.1. The molecule has 0 heterocycles. The van der Waals surface area contributed by atoms with Gasteiger partial charge in [-0.1, -0.05) is 6.07 Å². The van der Waals surface area contributed by atoms with Crippen LogP contribution >= 0.6 is 0 Å². The minimum Gasteiger partial charge on any atom is -0.488 e. The Morgan fingerprint density at radius 1 is 1.26 bits per heavy atom. The molecule has 0 unspecified atom stereocenters. The fourth-order valence-electron chi connectivity index (χ4n) is 2.23. The molecule has 2 N–H and O–H groups in total. The van der Waals surface area contributed by atoms with Crippen molar-refractivity contribution in [3.8, 4) is 5.75 Å². The molecule has 6 heteroatoms. The molecule has 0 amide bonds. The number of hydrogen-bond donors (Lipinski definition) is 1. The van der Waals surface area contributed by atoms with Gasteiger partial charge in [0.15, 0.2) is 0 Å². The van der Waals surface area contributed by atoms with Crippen molar-refractivity contribution in [2.45, 2.75) is 36.7 Å². The van der Waals surface area contributed by atoms with E-state index in [2.05, 4.69) is 0 Å². The third-order valence-corrected chi connectivity index (χ3v) is 5.25. The van der Waals surface area contributed by atoms with Crippen molar-refractivity contribution < 1.29 is 13.2 Å². The van der Waals surface area contributed by atoms with Crippen molar-refractivity contribution >= 4 is 15.7 Å². The van der Waals surface area contributed by atoms with Crippen LogP contribution in [0.2, 0.25) is 0 Å². The summed E-state index contributed by atoms with van der Waals surface area (Å²) in [4.78, 5) is 0.105. The van der Waals surface area contributed by atoms with E-state index in [9.17, 15) is 8.42 Å². The number of anilines is 1. The number of para-hydroxylation sites is 1. The van der Waals surface area contributed by atoms with Gasteiger partial charge in [0.1, 0.15) is 10.6 Å². The summed E-state index contributed by atoms with van der Waals surface area (Å²) in [6, 6.07) is 4.89. The van der Waals surface area contributed by atoms with E-state index in [1.165, 1.54) is 20.2 Å². The minimum absolute atomic E-state index is 0.105. The highest BCUT2D eigenvalue weighted by Gasteiger charge is 2.24. The van der Waals surface area contributed by atoms with Crippen molar-refractivity contribution in [2.75, 3.05) is 19.8 Å². The van der Waals surface area contributed by atoms with Crippen LogP contribution in [0, 0.1) is 0 Å². The first-order valence-electron chi connectivity index (χ1n) is 6.40. The predicted molar refractivity (Wildman–Crippen MR) is 74.6 cm³/mol. The highest BCUT2D eigenvalue weighted by molar-refractivity contribution is 7.89. The van der Waals surface area contributed by atoms with E-state index in [1.807, 2.05) is 0 Å². The van der Waals surface area contributed by atoms with Gasteiger partial charge in [-0.2, -0.15) is 0 Å². The average molecular weight is 284 g/mol. The molecule has 0 saturated heterocycles. The van der Waals surface area contributed by atoms with Crippen LogP contribution < -0.4 is 10.5 Å². The normalized spacial score (nSPS) is 17.0. The average Bonchev–Trinajstić information content (AvgIpc) is 2.84. The quantitative estimate of drug-likeness (QED) is 0.856. The van der Waals surface area contributed by atoms with Gasteiger partial charge in [0.25, 0.3) is 0 Å². The molecule has 1 saturated carbocycles. The second kappa shape index (κ2) is 5.38. The lowest BCUT2D eigenvalue weighted by Gasteiger charge is -2.18. The predicted octanol–water partition coefficient (Wildman–Crippen LogP) is 1.84. The standard InChI is InChI=1S/C13H20N2O3S/c1-15(2)19(16,17)12-9-5-8-11(13(12)14)18-10-6-3-4-7-10/h5,8-10H,3-4,6-7,14H2,1-2H3. The number of ether oxygens (including phenoxy) is 1. The molecule has 0 radical (unpaired) electrons. The Morgan fingerprint density at radius 3 is 2.47 bits per heavy atom. The second-order valence-corrected chi connectivity index (χ2v) is 7.10. The van der Waals surface area contributed by atoms with Crippen LogP contribution in [0.1, 0.15) is 25.7 Å². The number of nitrogens with zero attached hydrogens (tertiary/aromatic N) is 1. The van der Waals surface area contributed by atoms with Crippen LogP contribution in [-0.2, 0) is 10.0 Å². The van der Waals surface area contributed by atoms with Crippen molar-refractivity contribution in [2.24, 2.45) is 0 Å². The number of nitrogen functional groups attached to an aromatic ring is 1. The molecule has 0 spiro atoms. The Balaban J connectivity index is 2.32. The molecular formula is C13H20N2O3S. The lowest BCUT2D eigenvalue weighted by molar-refractivity contribution is 0.211. The van der Waals surface area contributed by atoms with Gasteiger partial charge >= 0.3 is 0 Å². The molecule has 1 fully saturated rings. The molecule has 0 aromatic heterocycles. The molecule has 0 bridgehead atoms. The van der Waals surface area contributed by atoms with E-state index in [0.29, 0.717) is 5.75 Å². The molecule has 2 rings (SSSR count). The van der Waals surface area contributed by atoms with Crippen molar-refractivity contribution in [1.82, 2.24) is 4.31 Å². The minimum atomic E-state index is -3.54. The molecule has 1 aromatic carbocycles. The molecule has 1 aromatic rings. The maximum atomic E-state index is 12.1. The fraction of sp³-hybridized carbons (Fsp3) is 0.538. The van der Waals surface area contributed by atoms with Crippen LogP contribution in [0.25, 0.3) is 0 Å². The van der Waals surface area contributed by atoms with Gasteiger partial charge in [0.2, 0.25) is 10.0 Å². The van der Waals surface area contributed by atoms with Gasteiger partial charge in [-0.15, -0.1) is 0 Å². The fourth-order valence-corrected chi connectivity index (χ4v) is 3.26. The summed E-state index contributed by atoms with van der Waals surface area (Å²) in [7, 11) is -0.565. The van der Waals surface area contributed by atoms with Crippen molar-refractivity contribution in [3.05, 3.63) is 18.2 Å². The molecule has 19 heavy (non-hydrogen) atoms. The van der Waals surface area contributed by atoms with Gasteiger partial charge in [-0.05, 0) is 37.8 Å². The summed E-state index contributed by atoms with van der Waals surface area (Å²) in [5, 5.41) is 0. The molecular weight excluding hydrogens is 264 g/mol. The number of rotatable bonds is 4. The first-order chi connectivity index (χ1) is 8.93. The maximum absolute atomic E-state index is 12.1. The van der Waals surface area contributed by atoms with Gasteiger partial charge in [0, 0.05) is 14.1 Å². The van der Waals surface area contributed by atoms with Crippen LogP contribution in [-0.4, -0.2) is 32.9 Å². The molecule has 0 atom stereocenters. The van der Waals surface area contributed by atoms with Crippen molar-refractivity contribution in [3.63, 3.8) is 0 Å². The summed E-state index contributed by atoms with van der Waals surface area (Å²) in [5.74, 6) is 0.467. The second-order valence-electron chi connectivity index (χ2n) is 4.98. The van der Waals surface area contributed by atoms with Gasteiger partial charge in [-0.3, -0.25) is 0 Å². The number of hydrogen-bond acceptors (Lipinski definition) is 4. The van der Waals surface area contributed by atoms with E-state index in [4.69, 9.17) is 10.5 Å². The lowest BCUT2D eigenvalue weighted by atomic mass is 10.2. The number of sulfonamides is 1. The third kappa shape index (κ3) is 2.84. The first-order valence-corrected chi connectivity index (χ1v) is 7.84. The monoisotopic (exact) mass is 284 g/mol. The Morgan fingerprint density at radius 2 is 1.89 bits per heavy atom. The summed E-state index contributed by atoms with van der Waals surface area (Å²) < 4.78 is 31.2. The molecule has 1 aliphatic carbocycles. The van der Waals surface area contributed by atoms with Crippen molar-refractivity contribution in [1.29, 1.82) is 0 Å². The Kier molecular flexibility index (Phi) is 4.01. The summed E-state index contributed by atoms with van der Waals surface area (Å²) >= 11 is 0. The van der Waals surface area contributed by atoms with E-state index in [0.717, 1.165) is 30.0 Å². The summed E-state index contributed by atoms with van der Waals surface area (Å²) in [6.45, 7) is 0. The van der Waals surface area contributed by atoms with Gasteiger partial charge in [-0.25, -0.2) is 12.7 Å². The molecule has 106 valence electrons. The summed E-state index contributed by atoms with van der Waals surface area (Å²) in [6.07, 6.45) is 4.47. The summed E-state index contributed by atoms with van der Waals surface area (Å²) in [5.41, 5.74) is 6.15. The van der Waals surface area contributed by atoms with E-state index >= 15 is 0 Å². The molecule has 0 aliphatic heterocycles. The Hall–Kier alpha value is -1.27. The number of nitrogens with two attached hydrogens (primary N) is 1. The number of benzene rings is 1. The lowest BCUT2D eigenvalue weighted by Crippen LogP contribution is -2.23. The van der Waals surface area contributed by atoms with Gasteiger partial charge in [0.05, 0.1) is 11.8 Å².